The number of amides is 2. The predicted molar refractivity (Wildman–Crippen MR) is 141 cm³/mol. The molecule has 0 aliphatic carbocycles. The third-order valence-electron chi connectivity index (χ3n) is 6.50. The number of carbonyl (C=O) groups excluding carboxylic acids is 2. The summed E-state index contributed by atoms with van der Waals surface area (Å²) < 4.78 is 40.3. The van der Waals surface area contributed by atoms with E-state index in [-0.39, 0.29) is 30.1 Å². The SMILES string of the molecule is CC(C)N(C(=O)C(c1cccnc1)C(CNC(=O)Cc1ccccc1C(F)(F)F)c1ccccc1)C(C)C. The van der Waals surface area contributed by atoms with Gasteiger partial charge in [-0.05, 0) is 56.5 Å². The molecule has 0 saturated heterocycles. The van der Waals surface area contributed by atoms with E-state index in [9.17, 15) is 22.8 Å². The summed E-state index contributed by atoms with van der Waals surface area (Å²) in [6.07, 6.45) is -1.70. The molecule has 8 heteroatoms. The first kappa shape index (κ1) is 28.9. The second-order valence-corrected chi connectivity index (χ2v) is 9.85. The van der Waals surface area contributed by atoms with Gasteiger partial charge < -0.3 is 10.2 Å². The number of benzene rings is 2. The summed E-state index contributed by atoms with van der Waals surface area (Å²) in [5.41, 5.74) is 0.606. The standard InChI is InChI=1S/C30H34F3N3O2/c1-20(2)36(21(3)4)29(38)28(24-14-10-16-34-18-24)25(22-11-6-5-7-12-22)19-35-27(37)17-23-13-8-9-15-26(23)30(31,32)33/h5-16,18,20-21,25,28H,17,19H2,1-4H3,(H,35,37). The van der Waals surface area contributed by atoms with Gasteiger partial charge in [0.05, 0.1) is 17.9 Å². The van der Waals surface area contributed by atoms with Gasteiger partial charge >= 0.3 is 6.18 Å². The highest BCUT2D eigenvalue weighted by Gasteiger charge is 2.37. The number of rotatable bonds is 10. The second-order valence-electron chi connectivity index (χ2n) is 9.85. The Morgan fingerprint density at radius 1 is 0.868 bits per heavy atom. The van der Waals surface area contributed by atoms with Crippen LogP contribution >= 0.6 is 0 Å². The molecule has 202 valence electrons. The van der Waals surface area contributed by atoms with E-state index in [1.54, 1.807) is 18.5 Å². The molecule has 0 spiro atoms. The second kappa shape index (κ2) is 12.7. The zero-order valence-electron chi connectivity index (χ0n) is 22.1. The fourth-order valence-corrected chi connectivity index (χ4v) is 4.91. The molecule has 38 heavy (non-hydrogen) atoms. The first-order chi connectivity index (χ1) is 18.0. The quantitative estimate of drug-likeness (QED) is 0.355. The Hall–Kier alpha value is -3.68. The molecule has 0 bridgehead atoms. The smallest absolute Gasteiger partial charge is 0.355 e. The molecule has 3 aromatic rings. The lowest BCUT2D eigenvalue weighted by atomic mass is 9.80. The summed E-state index contributed by atoms with van der Waals surface area (Å²) in [6, 6.07) is 17.9. The number of hydrogen-bond acceptors (Lipinski definition) is 3. The van der Waals surface area contributed by atoms with E-state index in [1.165, 1.54) is 18.2 Å². The average molecular weight is 526 g/mol. The fraction of sp³-hybridized carbons (Fsp3) is 0.367. The normalized spacial score (nSPS) is 13.3. The monoisotopic (exact) mass is 525 g/mol. The maximum Gasteiger partial charge on any atom is 0.416 e. The summed E-state index contributed by atoms with van der Waals surface area (Å²) in [7, 11) is 0. The summed E-state index contributed by atoms with van der Waals surface area (Å²) in [5.74, 6) is -1.80. The molecule has 0 saturated carbocycles. The molecule has 2 amide bonds. The van der Waals surface area contributed by atoms with Gasteiger partial charge in [0.25, 0.3) is 0 Å². The lowest BCUT2D eigenvalue weighted by Gasteiger charge is -2.37. The van der Waals surface area contributed by atoms with Gasteiger partial charge in [0, 0.05) is 36.9 Å². The molecule has 2 unspecified atom stereocenters. The largest absolute Gasteiger partial charge is 0.416 e. The van der Waals surface area contributed by atoms with Gasteiger partial charge in [-0.15, -0.1) is 0 Å². The number of nitrogens with one attached hydrogen (secondary N) is 1. The third kappa shape index (κ3) is 7.21. The zero-order chi connectivity index (χ0) is 27.9. The van der Waals surface area contributed by atoms with Gasteiger partial charge in [-0.1, -0.05) is 54.6 Å². The van der Waals surface area contributed by atoms with Crippen LogP contribution in [0.15, 0.2) is 79.1 Å². The highest BCUT2D eigenvalue weighted by atomic mass is 19.4. The fourth-order valence-electron chi connectivity index (χ4n) is 4.91. The first-order valence-corrected chi connectivity index (χ1v) is 12.7. The lowest BCUT2D eigenvalue weighted by Crippen LogP contribution is -2.47. The molecule has 2 aromatic carbocycles. The van der Waals surface area contributed by atoms with Crippen molar-refractivity contribution in [2.75, 3.05) is 6.54 Å². The van der Waals surface area contributed by atoms with Crippen molar-refractivity contribution in [2.24, 2.45) is 0 Å². The van der Waals surface area contributed by atoms with E-state index in [1.807, 2.05) is 69.0 Å². The Morgan fingerprint density at radius 2 is 1.47 bits per heavy atom. The molecule has 0 radical (unpaired) electrons. The van der Waals surface area contributed by atoms with Crippen LogP contribution in [0.4, 0.5) is 13.2 Å². The molecular formula is C30H34F3N3O2. The topological polar surface area (TPSA) is 62.3 Å². The minimum Gasteiger partial charge on any atom is -0.355 e. The molecular weight excluding hydrogens is 491 g/mol. The lowest BCUT2D eigenvalue weighted by molar-refractivity contribution is -0.139. The summed E-state index contributed by atoms with van der Waals surface area (Å²) in [5, 5.41) is 2.81. The molecule has 3 rings (SSSR count). The molecule has 5 nitrogen and oxygen atoms in total. The molecule has 0 fully saturated rings. The summed E-state index contributed by atoms with van der Waals surface area (Å²) in [6.45, 7) is 7.88. The number of hydrogen-bond donors (Lipinski definition) is 1. The minimum absolute atomic E-state index is 0.0619. The Labute approximate surface area is 222 Å². The Morgan fingerprint density at radius 3 is 2.05 bits per heavy atom. The van der Waals surface area contributed by atoms with Crippen LogP contribution in [0.3, 0.4) is 0 Å². The molecule has 0 aliphatic heterocycles. The number of carbonyl (C=O) groups is 2. The van der Waals surface area contributed by atoms with Crippen LogP contribution in [0.2, 0.25) is 0 Å². The maximum absolute atomic E-state index is 14.1. The van der Waals surface area contributed by atoms with Crippen molar-refractivity contribution in [3.8, 4) is 0 Å². The number of aromatic nitrogens is 1. The van der Waals surface area contributed by atoms with E-state index in [0.29, 0.717) is 5.56 Å². The highest BCUT2D eigenvalue weighted by Crippen LogP contribution is 2.36. The first-order valence-electron chi connectivity index (χ1n) is 12.7. The minimum atomic E-state index is -4.56. The molecule has 1 heterocycles. The molecule has 1 aromatic heterocycles. The van der Waals surface area contributed by atoms with E-state index in [4.69, 9.17) is 0 Å². The van der Waals surface area contributed by atoms with Crippen LogP contribution < -0.4 is 5.32 Å². The van der Waals surface area contributed by atoms with Crippen molar-refractivity contribution in [1.29, 1.82) is 0 Å². The molecule has 2 atom stereocenters. The maximum atomic E-state index is 14.1. The van der Waals surface area contributed by atoms with E-state index in [2.05, 4.69) is 10.3 Å². The summed E-state index contributed by atoms with van der Waals surface area (Å²) >= 11 is 0. The van der Waals surface area contributed by atoms with Crippen molar-refractivity contribution in [2.45, 2.75) is 64.2 Å². The number of nitrogens with zero attached hydrogens (tertiary/aromatic N) is 2. The van der Waals surface area contributed by atoms with Crippen LogP contribution in [0.5, 0.6) is 0 Å². The van der Waals surface area contributed by atoms with Gasteiger partial charge in [0.1, 0.15) is 0 Å². The summed E-state index contributed by atoms with van der Waals surface area (Å²) in [4.78, 5) is 33.1. The van der Waals surface area contributed by atoms with E-state index < -0.39 is 35.9 Å². The van der Waals surface area contributed by atoms with Crippen molar-refractivity contribution in [1.82, 2.24) is 15.2 Å². The van der Waals surface area contributed by atoms with Crippen molar-refractivity contribution in [3.63, 3.8) is 0 Å². The number of halogens is 3. The number of alkyl halides is 3. The van der Waals surface area contributed by atoms with Gasteiger partial charge in [0.2, 0.25) is 11.8 Å². The van der Waals surface area contributed by atoms with Gasteiger partial charge in [-0.25, -0.2) is 0 Å². The van der Waals surface area contributed by atoms with Crippen LogP contribution in [0.1, 0.15) is 61.8 Å². The van der Waals surface area contributed by atoms with Crippen LogP contribution in [-0.2, 0) is 22.2 Å². The number of pyridine rings is 1. The van der Waals surface area contributed by atoms with Gasteiger partial charge in [-0.3, -0.25) is 14.6 Å². The van der Waals surface area contributed by atoms with Crippen LogP contribution in [0.25, 0.3) is 0 Å². The Kier molecular flexibility index (Phi) is 9.66. The molecule has 0 aliphatic rings. The van der Waals surface area contributed by atoms with Crippen molar-refractivity contribution < 1.29 is 22.8 Å². The van der Waals surface area contributed by atoms with Crippen LogP contribution in [-0.4, -0.2) is 40.3 Å². The van der Waals surface area contributed by atoms with E-state index >= 15 is 0 Å². The van der Waals surface area contributed by atoms with E-state index in [0.717, 1.165) is 11.6 Å². The predicted octanol–water partition coefficient (Wildman–Crippen LogP) is 5.97. The van der Waals surface area contributed by atoms with Crippen LogP contribution in [0, 0.1) is 0 Å². The van der Waals surface area contributed by atoms with Gasteiger partial charge in [-0.2, -0.15) is 13.2 Å². The molecule has 1 N–H and O–H groups in total. The third-order valence-corrected chi connectivity index (χ3v) is 6.50. The average Bonchev–Trinajstić information content (AvgIpc) is 2.86. The van der Waals surface area contributed by atoms with Crippen molar-refractivity contribution >= 4 is 11.8 Å². The zero-order valence-corrected chi connectivity index (χ0v) is 22.1. The highest BCUT2D eigenvalue weighted by molar-refractivity contribution is 5.86. The Balaban J connectivity index is 1.96. The Bertz CT molecular complexity index is 1190. The van der Waals surface area contributed by atoms with Crippen molar-refractivity contribution in [3.05, 3.63) is 101 Å². The van der Waals surface area contributed by atoms with Gasteiger partial charge in [0.15, 0.2) is 0 Å².